The van der Waals surface area contributed by atoms with Gasteiger partial charge < -0.3 is 0 Å². The molecule has 4 heteroatoms. The molecule has 0 N–H and O–H groups in total. The average Bonchev–Trinajstić information content (AvgIpc) is 2.88. The zero-order valence-electron chi connectivity index (χ0n) is 17.2. The van der Waals surface area contributed by atoms with E-state index in [1.807, 2.05) is 42.5 Å². The van der Waals surface area contributed by atoms with Crippen LogP contribution in [0.1, 0.15) is 0 Å². The molecule has 0 spiro atoms. The number of fused-ring (bicyclic) bond motifs is 2. The van der Waals surface area contributed by atoms with Crippen molar-refractivity contribution in [1.82, 2.24) is 19.9 Å². The molecule has 4 nitrogen and oxygen atoms in total. The van der Waals surface area contributed by atoms with Crippen LogP contribution in [0.15, 0.2) is 109 Å². The van der Waals surface area contributed by atoms with Crippen LogP contribution in [0.3, 0.4) is 0 Å². The Morgan fingerprint density at radius 1 is 0.469 bits per heavy atom. The summed E-state index contributed by atoms with van der Waals surface area (Å²) in [5.74, 6) is 1.24. The maximum absolute atomic E-state index is 5.03. The Hall–Kier alpha value is -4.44. The van der Waals surface area contributed by atoms with E-state index < -0.39 is 0 Å². The summed E-state index contributed by atoms with van der Waals surface area (Å²) in [7, 11) is 0. The summed E-state index contributed by atoms with van der Waals surface area (Å²) in [4.78, 5) is 18.7. The molecular weight excluding hydrogens is 392 g/mol. The molecule has 0 aliphatic rings. The molecule has 0 fully saturated rings. The number of rotatable bonds is 3. The molecule has 2 aromatic heterocycles. The zero-order valence-corrected chi connectivity index (χ0v) is 17.2. The smallest absolute Gasteiger partial charge is 0.178 e. The van der Waals surface area contributed by atoms with E-state index in [0.29, 0.717) is 17.3 Å². The Bertz CT molecular complexity index is 1450. The fourth-order valence-electron chi connectivity index (χ4n) is 4.13. The number of aromatic nitrogens is 4. The van der Waals surface area contributed by atoms with E-state index in [2.05, 4.69) is 64.6 Å². The molecular formula is C28H18N4. The molecule has 0 atom stereocenters. The summed E-state index contributed by atoms with van der Waals surface area (Å²) in [6, 6.07) is 32.9. The molecule has 6 aromatic rings. The molecule has 0 radical (unpaired) electrons. The van der Waals surface area contributed by atoms with Crippen molar-refractivity contribution >= 4 is 21.5 Å². The van der Waals surface area contributed by atoms with Gasteiger partial charge in [0.15, 0.2) is 11.6 Å². The number of hydrogen-bond donors (Lipinski definition) is 0. The highest BCUT2D eigenvalue weighted by atomic mass is 15.0. The van der Waals surface area contributed by atoms with Gasteiger partial charge in [-0.2, -0.15) is 0 Å². The quantitative estimate of drug-likeness (QED) is 0.310. The van der Waals surface area contributed by atoms with E-state index in [4.69, 9.17) is 9.97 Å². The van der Waals surface area contributed by atoms with Crippen molar-refractivity contribution in [1.29, 1.82) is 0 Å². The highest BCUT2D eigenvalue weighted by Gasteiger charge is 2.16. The summed E-state index contributed by atoms with van der Waals surface area (Å²) in [5, 5.41) is 4.67. The van der Waals surface area contributed by atoms with E-state index >= 15 is 0 Å². The minimum absolute atomic E-state index is 0.581. The molecule has 0 unspecified atom stereocenters. The third kappa shape index (κ3) is 3.19. The van der Waals surface area contributed by atoms with Crippen LogP contribution in [0, 0.1) is 0 Å². The number of benzene rings is 4. The molecule has 4 aromatic carbocycles. The maximum Gasteiger partial charge on any atom is 0.178 e. The second-order valence-electron chi connectivity index (χ2n) is 7.59. The molecule has 2 heterocycles. The molecule has 32 heavy (non-hydrogen) atoms. The second kappa shape index (κ2) is 7.67. The van der Waals surface area contributed by atoms with E-state index in [1.54, 1.807) is 12.4 Å². The van der Waals surface area contributed by atoms with Crippen LogP contribution in [0.4, 0.5) is 0 Å². The number of nitrogens with zero attached hydrogens (tertiary/aromatic N) is 4. The molecule has 150 valence electrons. The van der Waals surface area contributed by atoms with Crippen LogP contribution in [-0.2, 0) is 0 Å². The number of hydrogen-bond acceptors (Lipinski definition) is 4. The Morgan fingerprint density at radius 2 is 1.06 bits per heavy atom. The fraction of sp³-hybridized carbons (Fsp3) is 0. The Balaban J connectivity index is 1.71. The van der Waals surface area contributed by atoms with E-state index in [9.17, 15) is 0 Å². The average molecular weight is 410 g/mol. The zero-order chi connectivity index (χ0) is 21.3. The lowest BCUT2D eigenvalue weighted by Gasteiger charge is -2.13. The van der Waals surface area contributed by atoms with Crippen molar-refractivity contribution in [2.45, 2.75) is 0 Å². The second-order valence-corrected chi connectivity index (χ2v) is 7.59. The van der Waals surface area contributed by atoms with Crippen molar-refractivity contribution in [2.24, 2.45) is 0 Å². The molecule has 0 saturated carbocycles. The highest BCUT2D eigenvalue weighted by Crippen LogP contribution is 2.37. The van der Waals surface area contributed by atoms with E-state index in [0.717, 1.165) is 27.6 Å². The third-order valence-corrected chi connectivity index (χ3v) is 5.58. The van der Waals surface area contributed by atoms with Crippen molar-refractivity contribution in [3.8, 4) is 34.2 Å². The fourth-order valence-corrected chi connectivity index (χ4v) is 4.13. The first-order valence-corrected chi connectivity index (χ1v) is 10.5. The van der Waals surface area contributed by atoms with Crippen LogP contribution >= 0.6 is 0 Å². The third-order valence-electron chi connectivity index (χ3n) is 5.58. The lowest BCUT2D eigenvalue weighted by Crippen LogP contribution is -1.99. The SMILES string of the molecule is c1ccc(-c2nc(-c3ncccn3)cc(-c3c4ccccc4cc4ccccc34)n2)cc1. The Morgan fingerprint density at radius 3 is 1.75 bits per heavy atom. The van der Waals surface area contributed by atoms with Crippen molar-refractivity contribution in [3.63, 3.8) is 0 Å². The molecule has 0 saturated heterocycles. The van der Waals surface area contributed by atoms with Gasteiger partial charge >= 0.3 is 0 Å². The summed E-state index contributed by atoms with van der Waals surface area (Å²) in [6.45, 7) is 0. The first kappa shape index (κ1) is 18.3. The normalized spacial score (nSPS) is 11.1. The maximum atomic E-state index is 5.03. The minimum Gasteiger partial charge on any atom is -0.235 e. The van der Waals surface area contributed by atoms with E-state index in [-0.39, 0.29) is 0 Å². The molecule has 0 bridgehead atoms. The van der Waals surface area contributed by atoms with Gasteiger partial charge in [0.25, 0.3) is 0 Å². The van der Waals surface area contributed by atoms with Crippen LogP contribution < -0.4 is 0 Å². The van der Waals surface area contributed by atoms with Gasteiger partial charge in [-0.05, 0) is 39.7 Å². The van der Waals surface area contributed by atoms with Crippen LogP contribution in [0.5, 0.6) is 0 Å². The molecule has 6 rings (SSSR count). The standard InChI is InChI=1S/C28H18N4/c1-2-9-19(10-3-1)27-31-24(18-25(32-27)28-29-15-8-16-30-28)26-22-13-6-4-11-20(22)17-21-12-5-7-14-23(21)26/h1-18H. The molecule has 0 aliphatic carbocycles. The topological polar surface area (TPSA) is 51.6 Å². The van der Waals surface area contributed by atoms with Crippen molar-refractivity contribution in [2.75, 3.05) is 0 Å². The summed E-state index contributed by atoms with van der Waals surface area (Å²) in [6.07, 6.45) is 3.47. The lowest BCUT2D eigenvalue weighted by molar-refractivity contribution is 1.11. The molecule has 0 amide bonds. The van der Waals surface area contributed by atoms with Gasteiger partial charge in [0.2, 0.25) is 0 Å². The highest BCUT2D eigenvalue weighted by molar-refractivity contribution is 6.12. The van der Waals surface area contributed by atoms with Gasteiger partial charge in [0.1, 0.15) is 5.69 Å². The first-order valence-electron chi connectivity index (χ1n) is 10.5. The minimum atomic E-state index is 0.581. The van der Waals surface area contributed by atoms with Crippen LogP contribution in [0.25, 0.3) is 55.7 Å². The monoisotopic (exact) mass is 410 g/mol. The lowest BCUT2D eigenvalue weighted by atomic mass is 9.94. The van der Waals surface area contributed by atoms with Gasteiger partial charge in [0, 0.05) is 23.5 Å². The summed E-state index contributed by atoms with van der Waals surface area (Å²) in [5.41, 5.74) is 3.60. The van der Waals surface area contributed by atoms with Gasteiger partial charge in [-0.3, -0.25) is 0 Å². The largest absolute Gasteiger partial charge is 0.235 e. The van der Waals surface area contributed by atoms with Gasteiger partial charge in [-0.25, -0.2) is 19.9 Å². The Labute approximate surface area is 185 Å². The molecule has 0 aliphatic heterocycles. The summed E-state index contributed by atoms with van der Waals surface area (Å²) < 4.78 is 0. The van der Waals surface area contributed by atoms with Gasteiger partial charge in [-0.1, -0.05) is 78.9 Å². The van der Waals surface area contributed by atoms with Crippen molar-refractivity contribution < 1.29 is 0 Å². The van der Waals surface area contributed by atoms with Gasteiger partial charge in [-0.15, -0.1) is 0 Å². The Kier molecular flexibility index (Phi) is 4.40. The predicted molar refractivity (Wildman–Crippen MR) is 129 cm³/mol. The van der Waals surface area contributed by atoms with E-state index in [1.165, 1.54) is 10.8 Å². The predicted octanol–water partition coefficient (Wildman–Crippen LogP) is 6.57. The van der Waals surface area contributed by atoms with Crippen molar-refractivity contribution in [3.05, 3.63) is 109 Å². The van der Waals surface area contributed by atoms with Gasteiger partial charge in [0.05, 0.1) is 5.69 Å². The van der Waals surface area contributed by atoms with Crippen LogP contribution in [-0.4, -0.2) is 19.9 Å². The first-order chi connectivity index (χ1) is 15.9. The van der Waals surface area contributed by atoms with Crippen LogP contribution in [0.2, 0.25) is 0 Å². The summed E-state index contributed by atoms with van der Waals surface area (Å²) >= 11 is 0.